The highest BCUT2D eigenvalue weighted by Crippen LogP contribution is 2.25. The van der Waals surface area contributed by atoms with Crippen LogP contribution in [-0.2, 0) is 6.54 Å². The zero-order chi connectivity index (χ0) is 12.3. The number of benzene rings is 1. The van der Waals surface area contributed by atoms with Crippen molar-refractivity contribution in [2.75, 3.05) is 5.73 Å². The fourth-order valence-electron chi connectivity index (χ4n) is 1.70. The van der Waals surface area contributed by atoms with Gasteiger partial charge in [0.15, 0.2) is 0 Å². The van der Waals surface area contributed by atoms with Gasteiger partial charge in [0.05, 0.1) is 5.69 Å². The summed E-state index contributed by atoms with van der Waals surface area (Å²) in [5.74, 6) is 0. The van der Waals surface area contributed by atoms with Gasteiger partial charge in [-0.3, -0.25) is 4.68 Å². The predicted molar refractivity (Wildman–Crippen MR) is 74.7 cm³/mol. The van der Waals surface area contributed by atoms with Gasteiger partial charge in [0.25, 0.3) is 0 Å². The Morgan fingerprint density at radius 1 is 1.29 bits per heavy atom. The number of hydrogen-bond donors (Lipinski definition) is 1. The van der Waals surface area contributed by atoms with Crippen molar-refractivity contribution < 1.29 is 0 Å². The van der Waals surface area contributed by atoms with Gasteiger partial charge in [0.2, 0.25) is 0 Å². The van der Waals surface area contributed by atoms with Crippen molar-refractivity contribution in [3.63, 3.8) is 0 Å². The van der Waals surface area contributed by atoms with Crippen molar-refractivity contribution in [3.8, 4) is 11.3 Å². The minimum Gasteiger partial charge on any atom is -0.396 e. The Balaban J connectivity index is 2.26. The highest BCUT2D eigenvalue weighted by atomic mass is 79.9. The van der Waals surface area contributed by atoms with Gasteiger partial charge in [-0.15, -0.1) is 0 Å². The predicted octanol–water partition coefficient (Wildman–Crippen LogP) is 3.69. The summed E-state index contributed by atoms with van der Waals surface area (Å²) in [6.45, 7) is 3.10. The summed E-state index contributed by atoms with van der Waals surface area (Å²) >= 11 is 3.42. The first kappa shape index (κ1) is 12.2. The molecule has 0 saturated carbocycles. The lowest BCUT2D eigenvalue weighted by Gasteiger charge is -1.99. The summed E-state index contributed by atoms with van der Waals surface area (Å²) in [5.41, 5.74) is 8.65. The molecule has 0 bridgehead atoms. The van der Waals surface area contributed by atoms with E-state index in [1.807, 2.05) is 35.1 Å². The number of aromatic nitrogens is 2. The van der Waals surface area contributed by atoms with Crippen LogP contribution in [0.25, 0.3) is 11.3 Å². The van der Waals surface area contributed by atoms with Gasteiger partial charge in [-0.05, 0) is 18.6 Å². The number of aryl methyl sites for hydroxylation is 1. The van der Waals surface area contributed by atoms with Crippen molar-refractivity contribution >= 4 is 21.6 Å². The van der Waals surface area contributed by atoms with E-state index >= 15 is 0 Å². The molecule has 0 aliphatic carbocycles. The minimum atomic E-state index is 0.739. The van der Waals surface area contributed by atoms with Crippen LogP contribution >= 0.6 is 15.9 Å². The summed E-state index contributed by atoms with van der Waals surface area (Å²) in [6, 6.07) is 8.04. The summed E-state index contributed by atoms with van der Waals surface area (Å²) in [7, 11) is 0. The molecule has 0 spiro atoms. The Morgan fingerprint density at radius 2 is 2.00 bits per heavy atom. The maximum absolute atomic E-state index is 5.99. The van der Waals surface area contributed by atoms with Gasteiger partial charge >= 0.3 is 0 Å². The number of nitrogens with zero attached hydrogens (tertiary/aromatic N) is 2. The van der Waals surface area contributed by atoms with E-state index in [1.54, 1.807) is 0 Å². The first-order valence-corrected chi connectivity index (χ1v) is 6.59. The number of unbranched alkanes of at least 4 members (excludes halogenated alkanes) is 1. The summed E-state index contributed by atoms with van der Waals surface area (Å²) in [6.07, 6.45) is 4.20. The van der Waals surface area contributed by atoms with Crippen LogP contribution in [-0.4, -0.2) is 9.78 Å². The van der Waals surface area contributed by atoms with Crippen LogP contribution < -0.4 is 5.73 Å². The minimum absolute atomic E-state index is 0.739. The molecule has 1 aromatic carbocycles. The van der Waals surface area contributed by atoms with Gasteiger partial charge in [-0.2, -0.15) is 5.10 Å². The van der Waals surface area contributed by atoms with Crippen LogP contribution in [0, 0.1) is 0 Å². The van der Waals surface area contributed by atoms with Crippen LogP contribution in [0.3, 0.4) is 0 Å². The topological polar surface area (TPSA) is 43.8 Å². The monoisotopic (exact) mass is 293 g/mol. The molecular weight excluding hydrogens is 278 g/mol. The lowest BCUT2D eigenvalue weighted by molar-refractivity contribution is 0.573. The molecule has 90 valence electrons. The molecule has 2 rings (SSSR count). The summed E-state index contributed by atoms with van der Waals surface area (Å²) < 4.78 is 2.99. The highest BCUT2D eigenvalue weighted by molar-refractivity contribution is 9.10. The lowest BCUT2D eigenvalue weighted by Crippen LogP contribution is -1.97. The third-order valence-corrected chi connectivity index (χ3v) is 3.18. The molecule has 2 aromatic rings. The second kappa shape index (κ2) is 5.36. The molecule has 0 atom stereocenters. The molecule has 0 saturated heterocycles. The second-order valence-corrected chi connectivity index (χ2v) is 4.97. The lowest BCUT2D eigenvalue weighted by atomic mass is 10.1. The molecule has 0 unspecified atom stereocenters. The van der Waals surface area contributed by atoms with E-state index in [1.165, 1.54) is 0 Å². The molecule has 0 radical (unpaired) electrons. The molecule has 1 aromatic heterocycles. The largest absolute Gasteiger partial charge is 0.396 e. The number of anilines is 1. The van der Waals surface area contributed by atoms with Crippen LogP contribution in [0.15, 0.2) is 34.9 Å². The van der Waals surface area contributed by atoms with E-state index in [4.69, 9.17) is 5.73 Å². The zero-order valence-corrected chi connectivity index (χ0v) is 11.4. The van der Waals surface area contributed by atoms with Crippen molar-refractivity contribution in [1.29, 1.82) is 0 Å². The average molecular weight is 294 g/mol. The quantitative estimate of drug-likeness (QED) is 0.934. The number of nitrogen functional groups attached to an aromatic ring is 1. The van der Waals surface area contributed by atoms with E-state index < -0.39 is 0 Å². The third-order valence-electron chi connectivity index (χ3n) is 2.65. The Kier molecular flexibility index (Phi) is 3.84. The Hall–Kier alpha value is -1.29. The molecule has 3 nitrogen and oxygen atoms in total. The molecule has 0 aliphatic rings. The summed E-state index contributed by atoms with van der Waals surface area (Å²) in [5, 5.41) is 4.52. The van der Waals surface area contributed by atoms with E-state index in [-0.39, 0.29) is 0 Å². The zero-order valence-electron chi connectivity index (χ0n) is 9.86. The SMILES string of the molecule is CCCCn1cc(N)c(-c2ccc(Br)cc2)n1. The van der Waals surface area contributed by atoms with Crippen LogP contribution in [0.1, 0.15) is 19.8 Å². The van der Waals surface area contributed by atoms with Crippen molar-refractivity contribution in [2.45, 2.75) is 26.3 Å². The average Bonchev–Trinajstić information content (AvgIpc) is 2.69. The number of halogens is 1. The van der Waals surface area contributed by atoms with Crippen molar-refractivity contribution in [3.05, 3.63) is 34.9 Å². The van der Waals surface area contributed by atoms with E-state index in [0.717, 1.165) is 40.8 Å². The normalized spacial score (nSPS) is 10.7. The van der Waals surface area contributed by atoms with Gasteiger partial charge in [-0.25, -0.2) is 0 Å². The molecule has 1 heterocycles. The number of nitrogens with two attached hydrogens (primary N) is 1. The Bertz CT molecular complexity index is 488. The maximum Gasteiger partial charge on any atom is 0.115 e. The fourth-order valence-corrected chi connectivity index (χ4v) is 1.97. The first-order valence-electron chi connectivity index (χ1n) is 5.79. The molecule has 4 heteroatoms. The van der Waals surface area contributed by atoms with Crippen LogP contribution in [0.2, 0.25) is 0 Å². The van der Waals surface area contributed by atoms with Gasteiger partial charge in [0, 0.05) is 22.8 Å². The fraction of sp³-hybridized carbons (Fsp3) is 0.308. The second-order valence-electron chi connectivity index (χ2n) is 4.06. The summed E-state index contributed by atoms with van der Waals surface area (Å²) in [4.78, 5) is 0. The Labute approximate surface area is 110 Å². The number of rotatable bonds is 4. The smallest absolute Gasteiger partial charge is 0.115 e. The Morgan fingerprint density at radius 3 is 2.65 bits per heavy atom. The molecule has 17 heavy (non-hydrogen) atoms. The van der Waals surface area contributed by atoms with E-state index in [9.17, 15) is 0 Å². The molecule has 0 fully saturated rings. The van der Waals surface area contributed by atoms with E-state index in [2.05, 4.69) is 28.0 Å². The van der Waals surface area contributed by atoms with Crippen molar-refractivity contribution in [1.82, 2.24) is 9.78 Å². The van der Waals surface area contributed by atoms with Crippen LogP contribution in [0.5, 0.6) is 0 Å². The molecule has 0 aliphatic heterocycles. The van der Waals surface area contributed by atoms with Gasteiger partial charge in [-0.1, -0.05) is 41.4 Å². The standard InChI is InChI=1S/C13H16BrN3/c1-2-3-8-17-9-12(15)13(16-17)10-4-6-11(14)7-5-10/h4-7,9H,2-3,8,15H2,1H3. The number of hydrogen-bond acceptors (Lipinski definition) is 2. The van der Waals surface area contributed by atoms with Crippen molar-refractivity contribution in [2.24, 2.45) is 0 Å². The highest BCUT2D eigenvalue weighted by Gasteiger charge is 2.07. The first-order chi connectivity index (χ1) is 8.20. The van der Waals surface area contributed by atoms with Gasteiger partial charge in [0.1, 0.15) is 5.69 Å². The van der Waals surface area contributed by atoms with E-state index in [0.29, 0.717) is 0 Å². The maximum atomic E-state index is 5.99. The molecule has 0 amide bonds. The third kappa shape index (κ3) is 2.88. The van der Waals surface area contributed by atoms with Crippen LogP contribution in [0.4, 0.5) is 5.69 Å². The molecular formula is C13H16BrN3. The molecule has 2 N–H and O–H groups in total. The van der Waals surface area contributed by atoms with Gasteiger partial charge < -0.3 is 5.73 Å².